The molecule has 0 saturated carbocycles. The van der Waals surface area contributed by atoms with Gasteiger partial charge in [-0.1, -0.05) is 30.3 Å². The summed E-state index contributed by atoms with van der Waals surface area (Å²) in [6, 6.07) is 13.8. The first-order chi connectivity index (χ1) is 9.25. The standard InChI is InChI=1S/C16H13BrO2/c17-16-13-6-8-14(18)12(13)7-9-15(16)19-10-11-4-2-1-3-5-11/h1-5,7,9H,6,8,10H2. The van der Waals surface area contributed by atoms with E-state index >= 15 is 0 Å². The summed E-state index contributed by atoms with van der Waals surface area (Å²) in [6.45, 7) is 0.534. The number of rotatable bonds is 3. The maximum atomic E-state index is 11.6. The minimum atomic E-state index is 0.227. The van der Waals surface area contributed by atoms with Crippen LogP contribution >= 0.6 is 15.9 Å². The van der Waals surface area contributed by atoms with Gasteiger partial charge in [-0.05, 0) is 45.6 Å². The van der Waals surface area contributed by atoms with Crippen molar-refractivity contribution < 1.29 is 9.53 Å². The molecule has 2 aromatic carbocycles. The minimum Gasteiger partial charge on any atom is -0.488 e. The van der Waals surface area contributed by atoms with E-state index < -0.39 is 0 Å². The van der Waals surface area contributed by atoms with Gasteiger partial charge in [0.2, 0.25) is 0 Å². The zero-order valence-corrected chi connectivity index (χ0v) is 11.9. The molecule has 1 aliphatic carbocycles. The Balaban J connectivity index is 1.81. The smallest absolute Gasteiger partial charge is 0.163 e. The van der Waals surface area contributed by atoms with Crippen molar-refractivity contribution in [1.82, 2.24) is 0 Å². The van der Waals surface area contributed by atoms with Crippen LogP contribution in [0.15, 0.2) is 46.9 Å². The highest BCUT2D eigenvalue weighted by molar-refractivity contribution is 9.10. The SMILES string of the molecule is O=C1CCc2c1ccc(OCc1ccccc1)c2Br. The summed E-state index contributed by atoms with van der Waals surface area (Å²) in [5.41, 5.74) is 3.04. The Morgan fingerprint density at radius 3 is 2.63 bits per heavy atom. The number of benzene rings is 2. The molecule has 19 heavy (non-hydrogen) atoms. The third-order valence-corrected chi connectivity index (χ3v) is 4.22. The molecule has 2 aromatic rings. The molecule has 0 radical (unpaired) electrons. The lowest BCUT2D eigenvalue weighted by atomic mass is 10.1. The van der Waals surface area contributed by atoms with Crippen LogP contribution in [0.4, 0.5) is 0 Å². The van der Waals surface area contributed by atoms with Crippen LogP contribution in [0.25, 0.3) is 0 Å². The Hall–Kier alpha value is -1.61. The molecule has 0 aliphatic heterocycles. The molecule has 0 amide bonds. The Labute approximate surface area is 120 Å². The van der Waals surface area contributed by atoms with Crippen LogP contribution in [0.3, 0.4) is 0 Å². The molecular weight excluding hydrogens is 304 g/mol. The van der Waals surface area contributed by atoms with E-state index in [4.69, 9.17) is 4.74 Å². The van der Waals surface area contributed by atoms with Crippen LogP contribution in [0.1, 0.15) is 27.9 Å². The Kier molecular flexibility index (Phi) is 3.38. The van der Waals surface area contributed by atoms with Crippen molar-refractivity contribution in [1.29, 1.82) is 0 Å². The summed E-state index contributed by atoms with van der Waals surface area (Å²) in [4.78, 5) is 11.6. The molecule has 1 aliphatic rings. The molecular formula is C16H13BrO2. The number of fused-ring (bicyclic) bond motifs is 1. The van der Waals surface area contributed by atoms with Crippen LogP contribution in [-0.2, 0) is 13.0 Å². The molecule has 3 heteroatoms. The summed E-state index contributed by atoms with van der Waals surface area (Å²) in [5.74, 6) is 1.03. The highest BCUT2D eigenvalue weighted by Crippen LogP contribution is 2.36. The Bertz CT molecular complexity index is 620. The summed E-state index contributed by atoms with van der Waals surface area (Å²) in [7, 11) is 0. The number of carbonyl (C=O) groups excluding carboxylic acids is 1. The fourth-order valence-corrected chi connectivity index (χ4v) is 2.98. The topological polar surface area (TPSA) is 26.3 Å². The van der Waals surface area contributed by atoms with Crippen molar-refractivity contribution in [3.05, 3.63) is 63.6 Å². The second-order valence-electron chi connectivity index (χ2n) is 4.60. The van der Waals surface area contributed by atoms with Crippen molar-refractivity contribution >= 4 is 21.7 Å². The number of halogens is 1. The number of ether oxygens (including phenoxy) is 1. The van der Waals surface area contributed by atoms with Crippen LogP contribution in [0, 0.1) is 0 Å². The van der Waals surface area contributed by atoms with E-state index in [1.807, 2.05) is 42.5 Å². The lowest BCUT2D eigenvalue weighted by Gasteiger charge is -2.11. The van der Waals surface area contributed by atoms with Gasteiger partial charge in [0.25, 0.3) is 0 Å². The molecule has 0 heterocycles. The Morgan fingerprint density at radius 1 is 1.05 bits per heavy atom. The van der Waals surface area contributed by atoms with E-state index in [-0.39, 0.29) is 5.78 Å². The minimum absolute atomic E-state index is 0.227. The van der Waals surface area contributed by atoms with Gasteiger partial charge in [0.15, 0.2) is 5.78 Å². The van der Waals surface area contributed by atoms with Crippen LogP contribution < -0.4 is 4.74 Å². The van der Waals surface area contributed by atoms with Gasteiger partial charge in [0.05, 0.1) is 4.47 Å². The predicted molar refractivity (Wildman–Crippen MR) is 77.6 cm³/mol. The summed E-state index contributed by atoms with van der Waals surface area (Å²) in [5, 5.41) is 0. The highest BCUT2D eigenvalue weighted by Gasteiger charge is 2.23. The van der Waals surface area contributed by atoms with Crippen molar-refractivity contribution in [2.75, 3.05) is 0 Å². The van der Waals surface area contributed by atoms with Crippen molar-refractivity contribution in [2.24, 2.45) is 0 Å². The molecule has 0 fully saturated rings. The zero-order valence-electron chi connectivity index (χ0n) is 10.4. The molecule has 0 atom stereocenters. The number of hydrogen-bond donors (Lipinski definition) is 0. The molecule has 0 unspecified atom stereocenters. The maximum Gasteiger partial charge on any atom is 0.163 e. The van der Waals surface area contributed by atoms with Gasteiger partial charge >= 0.3 is 0 Å². The van der Waals surface area contributed by atoms with Gasteiger partial charge in [0, 0.05) is 12.0 Å². The monoisotopic (exact) mass is 316 g/mol. The Morgan fingerprint density at radius 2 is 1.84 bits per heavy atom. The molecule has 0 N–H and O–H groups in total. The van der Waals surface area contributed by atoms with Gasteiger partial charge < -0.3 is 4.74 Å². The van der Waals surface area contributed by atoms with Crippen LogP contribution in [0.5, 0.6) is 5.75 Å². The van der Waals surface area contributed by atoms with Gasteiger partial charge in [-0.2, -0.15) is 0 Å². The first kappa shape index (κ1) is 12.4. The van der Waals surface area contributed by atoms with Crippen molar-refractivity contribution in [2.45, 2.75) is 19.4 Å². The van der Waals surface area contributed by atoms with Crippen molar-refractivity contribution in [3.8, 4) is 5.75 Å². The van der Waals surface area contributed by atoms with Crippen molar-refractivity contribution in [3.63, 3.8) is 0 Å². The lowest BCUT2D eigenvalue weighted by molar-refractivity contribution is 0.0994. The van der Waals surface area contributed by atoms with Gasteiger partial charge in [-0.3, -0.25) is 4.79 Å². The molecule has 2 nitrogen and oxygen atoms in total. The van der Waals surface area contributed by atoms with Gasteiger partial charge in [-0.25, -0.2) is 0 Å². The van der Waals surface area contributed by atoms with E-state index in [9.17, 15) is 4.79 Å². The number of ketones is 1. The first-order valence-electron chi connectivity index (χ1n) is 6.27. The molecule has 3 rings (SSSR count). The van der Waals surface area contributed by atoms with E-state index in [0.717, 1.165) is 33.3 Å². The number of hydrogen-bond acceptors (Lipinski definition) is 2. The fourth-order valence-electron chi connectivity index (χ4n) is 2.33. The van der Waals surface area contributed by atoms with Crippen LogP contribution in [-0.4, -0.2) is 5.78 Å². The molecule has 0 aromatic heterocycles. The summed E-state index contributed by atoms with van der Waals surface area (Å²) in [6.07, 6.45) is 1.41. The molecule has 0 spiro atoms. The van der Waals surface area contributed by atoms with Crippen LogP contribution in [0.2, 0.25) is 0 Å². The lowest BCUT2D eigenvalue weighted by Crippen LogP contribution is -1.98. The van der Waals surface area contributed by atoms with E-state index in [0.29, 0.717) is 13.0 Å². The fraction of sp³-hybridized carbons (Fsp3) is 0.188. The normalized spacial score (nSPS) is 13.4. The zero-order chi connectivity index (χ0) is 13.2. The summed E-state index contributed by atoms with van der Waals surface area (Å²) < 4.78 is 6.75. The molecule has 0 saturated heterocycles. The third kappa shape index (κ3) is 2.43. The predicted octanol–water partition coefficient (Wildman–Crippen LogP) is 4.16. The average molecular weight is 317 g/mol. The number of carbonyl (C=O) groups is 1. The highest BCUT2D eigenvalue weighted by atomic mass is 79.9. The summed E-state index contributed by atoms with van der Waals surface area (Å²) >= 11 is 3.56. The third-order valence-electron chi connectivity index (χ3n) is 3.35. The first-order valence-corrected chi connectivity index (χ1v) is 7.06. The van der Waals surface area contributed by atoms with Gasteiger partial charge in [0.1, 0.15) is 12.4 Å². The van der Waals surface area contributed by atoms with E-state index in [1.165, 1.54) is 0 Å². The quantitative estimate of drug-likeness (QED) is 0.850. The second kappa shape index (κ2) is 5.17. The second-order valence-corrected chi connectivity index (χ2v) is 5.39. The largest absolute Gasteiger partial charge is 0.488 e. The molecule has 0 bridgehead atoms. The maximum absolute atomic E-state index is 11.6. The molecule has 96 valence electrons. The number of Topliss-reactive ketones (excluding diaryl/α,β-unsaturated/α-hetero) is 1. The van der Waals surface area contributed by atoms with E-state index in [1.54, 1.807) is 0 Å². The van der Waals surface area contributed by atoms with Gasteiger partial charge in [-0.15, -0.1) is 0 Å². The average Bonchev–Trinajstić information content (AvgIpc) is 2.82. The van der Waals surface area contributed by atoms with E-state index in [2.05, 4.69) is 15.9 Å².